The van der Waals surface area contributed by atoms with Crippen LogP contribution in [-0.2, 0) is 0 Å². The van der Waals surface area contributed by atoms with Crippen molar-refractivity contribution in [3.63, 3.8) is 0 Å². The third-order valence-corrected chi connectivity index (χ3v) is 2.08. The van der Waals surface area contributed by atoms with Gasteiger partial charge in [-0.2, -0.15) is 15.0 Å². The molecule has 1 aromatic heterocycles. The van der Waals surface area contributed by atoms with Crippen molar-refractivity contribution in [2.75, 3.05) is 18.6 Å². The van der Waals surface area contributed by atoms with E-state index in [1.165, 1.54) is 25.3 Å². The van der Waals surface area contributed by atoms with Crippen molar-refractivity contribution in [3.05, 3.63) is 24.0 Å². The molecule has 1 heterocycles. The van der Waals surface area contributed by atoms with Gasteiger partial charge in [0.25, 0.3) is 0 Å². The number of methoxy groups -OCH3 is 1. The van der Waals surface area contributed by atoms with Crippen LogP contribution >= 0.6 is 0 Å². The predicted octanol–water partition coefficient (Wildman–Crippen LogP) is 0.851. The Morgan fingerprint density at radius 2 is 1.76 bits per heavy atom. The second-order valence-electron chi connectivity index (χ2n) is 3.22. The summed E-state index contributed by atoms with van der Waals surface area (Å²) in [5.74, 6) is -0.0776. The molecule has 0 aliphatic heterocycles. The number of nitrogens with two attached hydrogens (primary N) is 2. The van der Waals surface area contributed by atoms with Crippen molar-refractivity contribution in [1.29, 1.82) is 0 Å². The molecule has 0 radical (unpaired) electrons. The lowest BCUT2D eigenvalue weighted by molar-refractivity contribution is 0.387. The smallest absolute Gasteiger partial charge is 0.225 e. The minimum atomic E-state index is -0.466. The second-order valence-corrected chi connectivity index (χ2v) is 3.22. The van der Waals surface area contributed by atoms with Crippen molar-refractivity contribution in [2.24, 2.45) is 0 Å². The molecule has 0 aliphatic rings. The molecule has 0 fully saturated rings. The second kappa shape index (κ2) is 4.20. The van der Waals surface area contributed by atoms with Gasteiger partial charge in [-0.05, 0) is 18.2 Å². The highest BCUT2D eigenvalue weighted by Gasteiger charge is 2.09. The number of hydrogen-bond acceptors (Lipinski definition) is 6. The molecule has 2 aromatic rings. The van der Waals surface area contributed by atoms with Gasteiger partial charge in [0.2, 0.25) is 11.9 Å². The molecule has 1 aromatic carbocycles. The van der Waals surface area contributed by atoms with Gasteiger partial charge in [-0.15, -0.1) is 0 Å². The number of nitrogens with zero attached hydrogens (tertiary/aromatic N) is 3. The highest BCUT2D eigenvalue weighted by atomic mass is 19.1. The molecule has 0 atom stereocenters. The highest BCUT2D eigenvalue weighted by molar-refractivity contribution is 5.59. The van der Waals surface area contributed by atoms with Gasteiger partial charge in [0.1, 0.15) is 0 Å². The van der Waals surface area contributed by atoms with Crippen LogP contribution in [0.2, 0.25) is 0 Å². The number of rotatable bonds is 2. The van der Waals surface area contributed by atoms with Crippen molar-refractivity contribution in [3.8, 4) is 17.1 Å². The van der Waals surface area contributed by atoms with E-state index < -0.39 is 5.82 Å². The highest BCUT2D eigenvalue weighted by Crippen LogP contribution is 2.24. The first kappa shape index (κ1) is 11.1. The Labute approximate surface area is 96.5 Å². The standard InChI is InChI=1S/C10H10FN5O/c1-17-7-4-5(2-3-6(7)11)8-14-9(12)16-10(13)15-8/h2-4H,1H3,(H4,12,13,14,15,16). The maximum absolute atomic E-state index is 13.2. The molecule has 2 rings (SSSR count). The van der Waals surface area contributed by atoms with E-state index in [1.54, 1.807) is 0 Å². The minimum Gasteiger partial charge on any atom is -0.494 e. The normalized spacial score (nSPS) is 10.2. The van der Waals surface area contributed by atoms with Crippen LogP contribution in [0.25, 0.3) is 11.4 Å². The zero-order chi connectivity index (χ0) is 12.4. The average molecular weight is 235 g/mol. The maximum Gasteiger partial charge on any atom is 0.225 e. The lowest BCUT2D eigenvalue weighted by Gasteiger charge is -2.05. The summed E-state index contributed by atoms with van der Waals surface area (Å²) in [4.78, 5) is 11.5. The van der Waals surface area contributed by atoms with E-state index in [2.05, 4.69) is 15.0 Å². The number of ether oxygens (including phenoxy) is 1. The molecule has 4 N–H and O–H groups in total. The number of halogens is 1. The molecule has 0 spiro atoms. The Balaban J connectivity index is 2.52. The van der Waals surface area contributed by atoms with E-state index >= 15 is 0 Å². The summed E-state index contributed by atoms with van der Waals surface area (Å²) < 4.78 is 18.1. The van der Waals surface area contributed by atoms with Crippen LogP contribution in [-0.4, -0.2) is 22.1 Å². The third-order valence-electron chi connectivity index (χ3n) is 2.08. The van der Waals surface area contributed by atoms with Crippen molar-refractivity contribution in [2.45, 2.75) is 0 Å². The SMILES string of the molecule is COc1cc(-c2nc(N)nc(N)n2)ccc1F. The van der Waals surface area contributed by atoms with Gasteiger partial charge in [-0.3, -0.25) is 0 Å². The van der Waals surface area contributed by atoms with Crippen LogP contribution in [0.3, 0.4) is 0 Å². The fraction of sp³-hybridized carbons (Fsp3) is 0.100. The van der Waals surface area contributed by atoms with Gasteiger partial charge >= 0.3 is 0 Å². The maximum atomic E-state index is 13.2. The summed E-state index contributed by atoms with van der Waals surface area (Å²) in [5, 5.41) is 0. The molecular weight excluding hydrogens is 225 g/mol. The topological polar surface area (TPSA) is 99.9 Å². The zero-order valence-corrected chi connectivity index (χ0v) is 9.01. The van der Waals surface area contributed by atoms with Crippen molar-refractivity contribution >= 4 is 11.9 Å². The Morgan fingerprint density at radius 1 is 1.12 bits per heavy atom. The molecule has 0 unspecified atom stereocenters. The molecule has 6 nitrogen and oxygen atoms in total. The van der Waals surface area contributed by atoms with Crippen LogP contribution in [0.15, 0.2) is 18.2 Å². The van der Waals surface area contributed by atoms with E-state index in [1.807, 2.05) is 0 Å². The predicted molar refractivity (Wildman–Crippen MR) is 60.6 cm³/mol. The lowest BCUT2D eigenvalue weighted by Crippen LogP contribution is -2.04. The third kappa shape index (κ3) is 2.22. The fourth-order valence-corrected chi connectivity index (χ4v) is 1.34. The first-order valence-corrected chi connectivity index (χ1v) is 4.71. The molecule has 17 heavy (non-hydrogen) atoms. The summed E-state index contributed by atoms with van der Waals surface area (Å²) in [7, 11) is 1.37. The molecular formula is C10H10FN5O. The fourth-order valence-electron chi connectivity index (χ4n) is 1.34. The lowest BCUT2D eigenvalue weighted by atomic mass is 10.2. The summed E-state index contributed by atoms with van der Waals surface area (Å²) in [5.41, 5.74) is 11.4. The minimum absolute atomic E-state index is 0.00999. The quantitative estimate of drug-likeness (QED) is 0.800. The first-order valence-electron chi connectivity index (χ1n) is 4.71. The first-order chi connectivity index (χ1) is 8.10. The van der Waals surface area contributed by atoms with E-state index in [9.17, 15) is 4.39 Å². The summed E-state index contributed by atoms with van der Waals surface area (Å²) in [6, 6.07) is 4.22. The molecule has 0 amide bonds. The van der Waals surface area contributed by atoms with Gasteiger partial charge in [0.05, 0.1) is 7.11 Å². The van der Waals surface area contributed by atoms with E-state index in [0.29, 0.717) is 5.56 Å². The Bertz CT molecular complexity index is 540. The zero-order valence-electron chi connectivity index (χ0n) is 9.01. The van der Waals surface area contributed by atoms with Gasteiger partial charge in [-0.25, -0.2) is 4.39 Å². The number of nitrogen functional groups attached to an aromatic ring is 2. The van der Waals surface area contributed by atoms with E-state index in [0.717, 1.165) is 0 Å². The molecule has 0 bridgehead atoms. The Morgan fingerprint density at radius 3 is 2.35 bits per heavy atom. The summed E-state index contributed by atoms with van der Waals surface area (Å²) in [6.45, 7) is 0. The molecule has 88 valence electrons. The summed E-state index contributed by atoms with van der Waals surface area (Å²) in [6.07, 6.45) is 0. The van der Waals surface area contributed by atoms with Crippen molar-refractivity contribution in [1.82, 2.24) is 15.0 Å². The Hall–Kier alpha value is -2.44. The average Bonchev–Trinajstić information content (AvgIpc) is 2.28. The summed E-state index contributed by atoms with van der Waals surface area (Å²) >= 11 is 0. The number of anilines is 2. The van der Waals surface area contributed by atoms with E-state index in [4.69, 9.17) is 16.2 Å². The monoisotopic (exact) mass is 235 g/mol. The van der Waals surface area contributed by atoms with Gasteiger partial charge in [0.15, 0.2) is 17.4 Å². The molecule has 0 aliphatic carbocycles. The molecule has 0 saturated heterocycles. The largest absolute Gasteiger partial charge is 0.494 e. The number of hydrogen-bond donors (Lipinski definition) is 2. The van der Waals surface area contributed by atoms with Crippen LogP contribution in [0.1, 0.15) is 0 Å². The van der Waals surface area contributed by atoms with Crippen molar-refractivity contribution < 1.29 is 9.13 Å². The van der Waals surface area contributed by atoms with Gasteiger partial charge in [0, 0.05) is 5.56 Å². The van der Waals surface area contributed by atoms with Crippen LogP contribution in [0.5, 0.6) is 5.75 Å². The number of benzene rings is 1. The van der Waals surface area contributed by atoms with Gasteiger partial charge in [-0.1, -0.05) is 0 Å². The van der Waals surface area contributed by atoms with Gasteiger partial charge < -0.3 is 16.2 Å². The van der Waals surface area contributed by atoms with Crippen LogP contribution in [0, 0.1) is 5.82 Å². The molecule has 0 saturated carbocycles. The van der Waals surface area contributed by atoms with Crippen LogP contribution < -0.4 is 16.2 Å². The van der Waals surface area contributed by atoms with E-state index in [-0.39, 0.29) is 23.5 Å². The van der Waals surface area contributed by atoms with Crippen LogP contribution in [0.4, 0.5) is 16.3 Å². The molecule has 7 heteroatoms. The Kier molecular flexibility index (Phi) is 2.73. The number of aromatic nitrogens is 3.